The first-order valence-electron chi connectivity index (χ1n) is 7.39. The molecule has 1 rings (SSSR count). The Morgan fingerprint density at radius 1 is 1.35 bits per heavy atom. The fraction of sp³-hybridized carbons (Fsp3) is 0.562. The van der Waals surface area contributed by atoms with Crippen molar-refractivity contribution in [3.63, 3.8) is 0 Å². The number of nitrogens with zero attached hydrogens (tertiary/aromatic N) is 1. The van der Waals surface area contributed by atoms with Gasteiger partial charge in [0.2, 0.25) is 0 Å². The van der Waals surface area contributed by atoms with Crippen LogP contribution in [-0.2, 0) is 11.2 Å². The van der Waals surface area contributed by atoms with E-state index in [1.54, 1.807) is 19.2 Å². The summed E-state index contributed by atoms with van der Waals surface area (Å²) in [6.07, 6.45) is 0.789. The van der Waals surface area contributed by atoms with Crippen molar-refractivity contribution >= 4 is 45.9 Å². The Bertz CT molecular complexity index is 512. The van der Waals surface area contributed by atoms with Crippen LogP contribution in [-0.4, -0.2) is 38.3 Å². The molecule has 0 radical (unpaired) electrons. The van der Waals surface area contributed by atoms with E-state index in [2.05, 4.69) is 31.6 Å². The van der Waals surface area contributed by atoms with Crippen LogP contribution < -0.4 is 10.6 Å². The predicted octanol–water partition coefficient (Wildman–Crippen LogP) is 3.73. The average molecular weight is 502 g/mol. The molecule has 1 aromatic carbocycles. The van der Waals surface area contributed by atoms with Gasteiger partial charge in [0.25, 0.3) is 0 Å². The normalized spacial score (nSPS) is 11.8. The minimum Gasteiger partial charge on any atom is -0.377 e. The molecule has 7 heteroatoms. The lowest BCUT2D eigenvalue weighted by Crippen LogP contribution is -2.40. The van der Waals surface area contributed by atoms with Crippen LogP contribution in [0.15, 0.2) is 27.7 Å². The summed E-state index contributed by atoms with van der Waals surface area (Å²) in [7, 11) is 1.68. The second-order valence-electron chi connectivity index (χ2n) is 5.58. The standard InChI is InChI=1S/C16H25BrFN3O.HI/c1-5-19-15(21-11-16(2,3)22-4)20-9-8-12-6-7-14(18)13(17)10-12;/h6-7,10H,5,8-9,11H2,1-4H3,(H2,19,20,21);1H. The van der Waals surface area contributed by atoms with Crippen LogP contribution in [0.5, 0.6) is 0 Å². The van der Waals surface area contributed by atoms with E-state index in [-0.39, 0.29) is 35.4 Å². The molecule has 23 heavy (non-hydrogen) atoms. The Morgan fingerprint density at radius 2 is 2.04 bits per heavy atom. The van der Waals surface area contributed by atoms with Gasteiger partial charge in [0, 0.05) is 20.2 Å². The number of ether oxygens (including phenoxy) is 1. The average Bonchev–Trinajstić information content (AvgIpc) is 2.48. The van der Waals surface area contributed by atoms with Gasteiger partial charge in [0.15, 0.2) is 5.96 Å². The first-order valence-corrected chi connectivity index (χ1v) is 8.18. The third kappa shape index (κ3) is 8.85. The summed E-state index contributed by atoms with van der Waals surface area (Å²) in [5, 5.41) is 6.47. The highest BCUT2D eigenvalue weighted by Crippen LogP contribution is 2.16. The molecule has 0 aliphatic rings. The number of nitrogens with one attached hydrogen (secondary N) is 2. The minimum absolute atomic E-state index is 0. The van der Waals surface area contributed by atoms with Crippen LogP contribution >= 0.6 is 39.9 Å². The fourth-order valence-electron chi connectivity index (χ4n) is 1.70. The van der Waals surface area contributed by atoms with Crippen molar-refractivity contribution in [3.8, 4) is 0 Å². The Labute approximate surface area is 163 Å². The lowest BCUT2D eigenvalue weighted by Gasteiger charge is -2.21. The van der Waals surface area contributed by atoms with E-state index in [1.165, 1.54) is 6.07 Å². The molecule has 0 aliphatic carbocycles. The van der Waals surface area contributed by atoms with Crippen LogP contribution in [0.1, 0.15) is 26.3 Å². The molecule has 0 saturated heterocycles. The maximum absolute atomic E-state index is 13.2. The van der Waals surface area contributed by atoms with Gasteiger partial charge in [-0.2, -0.15) is 0 Å². The molecule has 132 valence electrons. The van der Waals surface area contributed by atoms with Crippen LogP contribution in [0.4, 0.5) is 4.39 Å². The predicted molar refractivity (Wildman–Crippen MR) is 108 cm³/mol. The van der Waals surface area contributed by atoms with E-state index in [0.717, 1.165) is 31.0 Å². The molecule has 0 amide bonds. The Hall–Kier alpha value is -0.410. The third-order valence-corrected chi connectivity index (χ3v) is 3.81. The van der Waals surface area contributed by atoms with E-state index in [4.69, 9.17) is 4.74 Å². The van der Waals surface area contributed by atoms with Crippen molar-refractivity contribution in [3.05, 3.63) is 34.1 Å². The van der Waals surface area contributed by atoms with E-state index in [0.29, 0.717) is 11.0 Å². The zero-order chi connectivity index (χ0) is 16.6. The molecule has 0 spiro atoms. The minimum atomic E-state index is -0.288. The summed E-state index contributed by atoms with van der Waals surface area (Å²) in [6.45, 7) is 8.10. The van der Waals surface area contributed by atoms with Crippen molar-refractivity contribution in [2.45, 2.75) is 32.8 Å². The maximum atomic E-state index is 13.2. The number of rotatable bonds is 7. The molecule has 2 N–H and O–H groups in total. The first-order chi connectivity index (χ1) is 10.4. The molecular weight excluding hydrogens is 476 g/mol. The molecule has 0 heterocycles. The molecule has 0 unspecified atom stereocenters. The summed E-state index contributed by atoms with van der Waals surface area (Å²) < 4.78 is 19.0. The lowest BCUT2D eigenvalue weighted by molar-refractivity contribution is 0.0310. The summed E-state index contributed by atoms with van der Waals surface area (Å²) in [4.78, 5) is 4.52. The van der Waals surface area contributed by atoms with Gasteiger partial charge in [0.1, 0.15) is 5.82 Å². The van der Waals surface area contributed by atoms with Gasteiger partial charge in [-0.3, -0.25) is 4.99 Å². The summed E-state index contributed by atoms with van der Waals surface area (Å²) in [5.74, 6) is 0.516. The number of methoxy groups -OCH3 is 1. The third-order valence-electron chi connectivity index (χ3n) is 3.20. The topological polar surface area (TPSA) is 45.7 Å². The lowest BCUT2D eigenvalue weighted by atomic mass is 10.1. The fourth-order valence-corrected chi connectivity index (χ4v) is 2.12. The van der Waals surface area contributed by atoms with Crippen molar-refractivity contribution < 1.29 is 9.13 Å². The number of hydrogen-bond donors (Lipinski definition) is 2. The van der Waals surface area contributed by atoms with Crippen molar-refractivity contribution in [1.82, 2.24) is 10.6 Å². The van der Waals surface area contributed by atoms with Crippen molar-refractivity contribution in [2.75, 3.05) is 26.7 Å². The zero-order valence-corrected chi connectivity index (χ0v) is 18.0. The SMILES string of the molecule is CCNC(=NCC(C)(C)OC)NCCc1ccc(F)c(Br)c1.I. The van der Waals surface area contributed by atoms with E-state index >= 15 is 0 Å². The van der Waals surface area contributed by atoms with Crippen LogP contribution in [0.2, 0.25) is 0 Å². The summed E-state index contributed by atoms with van der Waals surface area (Å²) in [5.41, 5.74) is 0.776. The van der Waals surface area contributed by atoms with Crippen LogP contribution in [0, 0.1) is 5.82 Å². The van der Waals surface area contributed by atoms with Gasteiger partial charge >= 0.3 is 0 Å². The number of benzene rings is 1. The number of aliphatic imine (C=N–C) groups is 1. The van der Waals surface area contributed by atoms with Crippen LogP contribution in [0.25, 0.3) is 0 Å². The van der Waals surface area contributed by atoms with E-state index in [1.807, 2.05) is 20.8 Å². The molecule has 0 saturated carbocycles. The van der Waals surface area contributed by atoms with Gasteiger partial charge in [-0.15, -0.1) is 24.0 Å². The molecule has 0 fully saturated rings. The molecule has 0 bridgehead atoms. The Kier molecular flexibility index (Phi) is 11.0. The summed E-state index contributed by atoms with van der Waals surface area (Å²) in [6, 6.07) is 5.06. The van der Waals surface area contributed by atoms with Gasteiger partial charge in [0.05, 0.1) is 16.6 Å². The van der Waals surface area contributed by atoms with Crippen molar-refractivity contribution in [2.24, 2.45) is 4.99 Å². The number of hydrogen-bond acceptors (Lipinski definition) is 2. The first kappa shape index (κ1) is 22.6. The highest BCUT2D eigenvalue weighted by atomic mass is 127. The van der Waals surface area contributed by atoms with E-state index in [9.17, 15) is 4.39 Å². The van der Waals surface area contributed by atoms with Gasteiger partial charge in [-0.1, -0.05) is 6.07 Å². The monoisotopic (exact) mass is 501 g/mol. The van der Waals surface area contributed by atoms with E-state index < -0.39 is 0 Å². The summed E-state index contributed by atoms with van der Waals surface area (Å²) >= 11 is 3.20. The Morgan fingerprint density at radius 3 is 2.61 bits per heavy atom. The van der Waals surface area contributed by atoms with Crippen molar-refractivity contribution in [1.29, 1.82) is 0 Å². The molecular formula is C16H26BrFIN3O. The molecule has 0 aliphatic heterocycles. The van der Waals surface area contributed by atoms with Gasteiger partial charge < -0.3 is 15.4 Å². The molecule has 4 nitrogen and oxygen atoms in total. The largest absolute Gasteiger partial charge is 0.377 e. The van der Waals surface area contributed by atoms with Gasteiger partial charge in [-0.25, -0.2) is 4.39 Å². The smallest absolute Gasteiger partial charge is 0.191 e. The molecule has 0 aromatic heterocycles. The zero-order valence-electron chi connectivity index (χ0n) is 14.1. The molecule has 1 aromatic rings. The number of halogens is 3. The van der Waals surface area contributed by atoms with Gasteiger partial charge in [-0.05, 0) is 60.8 Å². The maximum Gasteiger partial charge on any atom is 0.191 e. The molecule has 0 atom stereocenters. The highest BCUT2D eigenvalue weighted by Gasteiger charge is 2.15. The quantitative estimate of drug-likeness (QED) is 0.340. The second-order valence-corrected chi connectivity index (χ2v) is 6.44. The Balaban J connectivity index is 0.00000484. The second kappa shape index (κ2) is 11.2. The van der Waals surface area contributed by atoms with Crippen LogP contribution in [0.3, 0.4) is 0 Å². The number of guanidine groups is 1. The highest BCUT2D eigenvalue weighted by molar-refractivity contribution is 14.0.